The maximum atomic E-state index is 12.0. The van der Waals surface area contributed by atoms with Gasteiger partial charge in [0.15, 0.2) is 0 Å². The molecule has 3 rings (SSSR count). The number of carbonyl (C=O) groups is 2. The smallest absolute Gasteiger partial charge is 0.248 e. The quantitative estimate of drug-likeness (QED) is 0.715. The van der Waals surface area contributed by atoms with Crippen molar-refractivity contribution >= 4 is 11.8 Å². The molecule has 3 N–H and O–H groups in total. The summed E-state index contributed by atoms with van der Waals surface area (Å²) in [5, 5.41) is 3.03. The fourth-order valence-electron chi connectivity index (χ4n) is 3.10. The van der Waals surface area contributed by atoms with Crippen molar-refractivity contribution in [3.8, 4) is 5.75 Å². The summed E-state index contributed by atoms with van der Waals surface area (Å²) in [6.07, 6.45) is 0.867. The van der Waals surface area contributed by atoms with Gasteiger partial charge in [-0.25, -0.2) is 0 Å². The second-order valence-electron chi connectivity index (χ2n) is 6.29. The summed E-state index contributed by atoms with van der Waals surface area (Å²) < 4.78 is 11.2. The van der Waals surface area contributed by atoms with E-state index in [1.165, 1.54) is 0 Å². The number of nitrogens with one attached hydrogen (secondary N) is 1. The van der Waals surface area contributed by atoms with Crippen molar-refractivity contribution < 1.29 is 19.1 Å². The maximum Gasteiger partial charge on any atom is 0.248 e. The molecule has 2 aliphatic heterocycles. The molecule has 0 aromatic heterocycles. The van der Waals surface area contributed by atoms with E-state index in [1.807, 2.05) is 0 Å². The zero-order valence-electron chi connectivity index (χ0n) is 13.6. The Balaban J connectivity index is 1.43. The molecule has 0 unspecified atom stereocenters. The number of nitrogens with zero attached hydrogens (tertiary/aromatic N) is 1. The first-order chi connectivity index (χ1) is 11.6. The molecule has 2 bridgehead atoms. The molecule has 2 fully saturated rings. The Morgan fingerprint density at radius 2 is 2.08 bits per heavy atom. The third-order valence-corrected chi connectivity index (χ3v) is 4.34. The van der Waals surface area contributed by atoms with Crippen LogP contribution in [0.5, 0.6) is 5.75 Å². The second kappa shape index (κ2) is 7.63. The van der Waals surface area contributed by atoms with Crippen molar-refractivity contribution in [1.29, 1.82) is 0 Å². The van der Waals surface area contributed by atoms with E-state index in [0.717, 1.165) is 31.8 Å². The summed E-state index contributed by atoms with van der Waals surface area (Å²) in [6, 6.07) is 6.88. The van der Waals surface area contributed by atoms with Crippen LogP contribution in [0.15, 0.2) is 24.3 Å². The van der Waals surface area contributed by atoms with Crippen molar-refractivity contribution in [3.63, 3.8) is 0 Å². The maximum absolute atomic E-state index is 12.0. The topological polar surface area (TPSA) is 93.9 Å². The molecule has 2 saturated heterocycles. The van der Waals surface area contributed by atoms with E-state index < -0.39 is 5.91 Å². The number of amides is 2. The van der Waals surface area contributed by atoms with Gasteiger partial charge in [-0.05, 0) is 30.7 Å². The molecule has 24 heavy (non-hydrogen) atoms. The van der Waals surface area contributed by atoms with Crippen LogP contribution >= 0.6 is 0 Å². The third-order valence-electron chi connectivity index (χ3n) is 4.34. The van der Waals surface area contributed by atoms with Crippen LogP contribution in [0.3, 0.4) is 0 Å². The van der Waals surface area contributed by atoms with Gasteiger partial charge in [0.1, 0.15) is 5.75 Å². The predicted molar refractivity (Wildman–Crippen MR) is 87.8 cm³/mol. The van der Waals surface area contributed by atoms with Crippen LogP contribution in [0.2, 0.25) is 0 Å². The largest absolute Gasteiger partial charge is 0.494 e. The van der Waals surface area contributed by atoms with Crippen molar-refractivity contribution in [1.82, 2.24) is 10.2 Å². The van der Waals surface area contributed by atoms with Gasteiger partial charge in [-0.2, -0.15) is 0 Å². The van der Waals surface area contributed by atoms with Gasteiger partial charge < -0.3 is 25.4 Å². The zero-order valence-corrected chi connectivity index (χ0v) is 13.6. The lowest BCUT2D eigenvalue weighted by atomic mass is 10.1. The number of rotatable bonds is 6. The molecule has 2 aliphatic rings. The number of carbonyl (C=O) groups excluding carboxylic acids is 2. The molecule has 0 spiro atoms. The minimum atomic E-state index is -0.444. The van der Waals surface area contributed by atoms with Gasteiger partial charge in [-0.3, -0.25) is 9.59 Å². The number of benzene rings is 1. The fourth-order valence-corrected chi connectivity index (χ4v) is 3.10. The van der Waals surface area contributed by atoms with Gasteiger partial charge in [0.25, 0.3) is 0 Å². The SMILES string of the molecule is NC(=O)c1ccc(OCCCN2C[C@H]3COC[C@@H](C2)C(=O)N3)cc1. The molecule has 7 heteroatoms. The van der Waals surface area contributed by atoms with Crippen LogP contribution in [0.25, 0.3) is 0 Å². The lowest BCUT2D eigenvalue weighted by Crippen LogP contribution is -2.42. The zero-order chi connectivity index (χ0) is 16.9. The highest BCUT2D eigenvalue weighted by molar-refractivity contribution is 5.92. The molecular weight excluding hydrogens is 310 g/mol. The molecule has 7 nitrogen and oxygen atoms in total. The van der Waals surface area contributed by atoms with Gasteiger partial charge in [-0.15, -0.1) is 0 Å². The highest BCUT2D eigenvalue weighted by Gasteiger charge is 2.32. The van der Waals surface area contributed by atoms with E-state index in [-0.39, 0.29) is 17.9 Å². The van der Waals surface area contributed by atoms with Gasteiger partial charge in [-0.1, -0.05) is 0 Å². The highest BCUT2D eigenvalue weighted by atomic mass is 16.5. The number of fused-ring (bicyclic) bond motifs is 3. The molecule has 1 aromatic rings. The summed E-state index contributed by atoms with van der Waals surface area (Å²) in [4.78, 5) is 25.3. The van der Waals surface area contributed by atoms with E-state index in [1.54, 1.807) is 24.3 Å². The van der Waals surface area contributed by atoms with Crippen molar-refractivity contribution in [2.24, 2.45) is 11.7 Å². The Morgan fingerprint density at radius 3 is 2.83 bits per heavy atom. The number of primary amides is 1. The molecule has 0 radical (unpaired) electrons. The first-order valence-corrected chi connectivity index (χ1v) is 8.25. The van der Waals surface area contributed by atoms with Crippen LogP contribution in [0.1, 0.15) is 16.8 Å². The first-order valence-electron chi connectivity index (χ1n) is 8.25. The van der Waals surface area contributed by atoms with Crippen LogP contribution in [0, 0.1) is 5.92 Å². The van der Waals surface area contributed by atoms with E-state index in [9.17, 15) is 9.59 Å². The van der Waals surface area contributed by atoms with Gasteiger partial charge in [0.05, 0.1) is 31.8 Å². The Kier molecular flexibility index (Phi) is 5.32. The highest BCUT2D eigenvalue weighted by Crippen LogP contribution is 2.15. The van der Waals surface area contributed by atoms with Crippen LogP contribution < -0.4 is 15.8 Å². The minimum Gasteiger partial charge on any atom is -0.494 e. The molecule has 1 aromatic carbocycles. The molecule has 0 saturated carbocycles. The van der Waals surface area contributed by atoms with E-state index in [4.69, 9.17) is 15.2 Å². The summed E-state index contributed by atoms with van der Waals surface area (Å²) >= 11 is 0. The average Bonchev–Trinajstić information content (AvgIpc) is 2.80. The van der Waals surface area contributed by atoms with Crippen LogP contribution in [0.4, 0.5) is 0 Å². The van der Waals surface area contributed by atoms with Crippen molar-refractivity contribution in [2.75, 3.05) is 39.5 Å². The van der Waals surface area contributed by atoms with Crippen LogP contribution in [-0.4, -0.2) is 62.2 Å². The monoisotopic (exact) mass is 333 g/mol. The van der Waals surface area contributed by atoms with Crippen molar-refractivity contribution in [3.05, 3.63) is 29.8 Å². The Labute approximate surface area is 141 Å². The second-order valence-corrected chi connectivity index (χ2v) is 6.29. The summed E-state index contributed by atoms with van der Waals surface area (Å²) in [5.74, 6) is 0.295. The fraction of sp³-hybridized carbons (Fsp3) is 0.529. The van der Waals surface area contributed by atoms with E-state index in [2.05, 4.69) is 10.2 Å². The molecule has 0 aliphatic carbocycles. The van der Waals surface area contributed by atoms with E-state index in [0.29, 0.717) is 25.4 Å². The standard InChI is InChI=1S/C17H23N3O4/c18-16(21)12-2-4-15(5-3-12)24-7-1-6-20-8-13-10-23-11-14(9-20)19-17(13)22/h2-5,13-14H,1,6-11H2,(H2,18,21)(H,19,22)/t13-,14+/m1/s1. The van der Waals surface area contributed by atoms with Gasteiger partial charge in [0.2, 0.25) is 11.8 Å². The number of hydrogen-bond acceptors (Lipinski definition) is 5. The number of hydrogen-bond donors (Lipinski definition) is 2. The Hall–Kier alpha value is -2.12. The molecule has 2 amide bonds. The van der Waals surface area contributed by atoms with E-state index >= 15 is 0 Å². The first kappa shape index (κ1) is 16.7. The Bertz CT molecular complexity index is 590. The van der Waals surface area contributed by atoms with Gasteiger partial charge in [0, 0.05) is 25.2 Å². The third kappa shape index (κ3) is 4.24. The lowest BCUT2D eigenvalue weighted by Gasteiger charge is -2.27. The average molecular weight is 333 g/mol. The van der Waals surface area contributed by atoms with Crippen LogP contribution in [-0.2, 0) is 9.53 Å². The molecule has 2 atom stereocenters. The number of ether oxygens (including phenoxy) is 2. The van der Waals surface area contributed by atoms with Gasteiger partial charge >= 0.3 is 0 Å². The minimum absolute atomic E-state index is 0.0762. The summed E-state index contributed by atoms with van der Waals surface area (Å²) in [7, 11) is 0. The number of nitrogens with two attached hydrogens (primary N) is 1. The molecule has 130 valence electrons. The Morgan fingerprint density at radius 1 is 1.29 bits per heavy atom. The molecular formula is C17H23N3O4. The molecule has 2 heterocycles. The predicted octanol–water partition coefficient (Wildman–Crippen LogP) is 0.00120. The lowest BCUT2D eigenvalue weighted by molar-refractivity contribution is -0.125. The summed E-state index contributed by atoms with van der Waals surface area (Å²) in [5.41, 5.74) is 5.68. The summed E-state index contributed by atoms with van der Waals surface area (Å²) in [6.45, 7) is 4.09. The van der Waals surface area contributed by atoms with Crippen molar-refractivity contribution in [2.45, 2.75) is 12.5 Å². The normalized spacial score (nSPS) is 24.1.